The first-order valence-corrected chi connectivity index (χ1v) is 7.68. The van der Waals surface area contributed by atoms with Crippen molar-refractivity contribution in [1.82, 2.24) is 4.57 Å². The lowest BCUT2D eigenvalue weighted by Gasteiger charge is -1.99. The van der Waals surface area contributed by atoms with Crippen LogP contribution in [0.15, 0.2) is 18.2 Å². The number of carbonyl (C=O) groups is 2. The summed E-state index contributed by atoms with van der Waals surface area (Å²) in [6.07, 6.45) is 5.08. The molecule has 3 nitrogen and oxygen atoms in total. The molecule has 0 aliphatic rings. The smallest absolute Gasteiger partial charge is 0.159 e. The molecule has 0 N–H and O–H groups in total. The van der Waals surface area contributed by atoms with Crippen LogP contribution in [0.5, 0.6) is 0 Å². The maximum Gasteiger partial charge on any atom is 0.159 e. The van der Waals surface area contributed by atoms with E-state index in [1.54, 1.807) is 13.8 Å². The van der Waals surface area contributed by atoms with Gasteiger partial charge < -0.3 is 4.57 Å². The molecule has 0 fully saturated rings. The maximum atomic E-state index is 11.7. The summed E-state index contributed by atoms with van der Waals surface area (Å²) >= 11 is 0. The van der Waals surface area contributed by atoms with Gasteiger partial charge in [-0.2, -0.15) is 0 Å². The minimum Gasteiger partial charge on any atom is -0.344 e. The molecule has 2 aromatic rings. The zero-order valence-electron chi connectivity index (χ0n) is 13.9. The summed E-state index contributed by atoms with van der Waals surface area (Å²) in [5.41, 5.74) is 1.78. The highest BCUT2D eigenvalue weighted by molar-refractivity contribution is 5.98. The van der Waals surface area contributed by atoms with E-state index in [1.807, 2.05) is 38.2 Å². The van der Waals surface area contributed by atoms with Crippen molar-refractivity contribution in [1.29, 1.82) is 0 Å². The maximum absolute atomic E-state index is 11.7. The van der Waals surface area contributed by atoms with Gasteiger partial charge in [0.2, 0.25) is 0 Å². The molecule has 0 aliphatic carbocycles. The van der Waals surface area contributed by atoms with Crippen molar-refractivity contribution >= 4 is 34.6 Å². The summed E-state index contributed by atoms with van der Waals surface area (Å²) in [6.45, 7) is 7.18. The predicted molar refractivity (Wildman–Crippen MR) is 91.2 cm³/mol. The quantitative estimate of drug-likeness (QED) is 0.814. The molecule has 0 saturated heterocycles. The van der Waals surface area contributed by atoms with E-state index in [9.17, 15) is 9.59 Å². The van der Waals surface area contributed by atoms with Crippen LogP contribution < -0.4 is 10.6 Å². The van der Waals surface area contributed by atoms with Crippen LogP contribution in [-0.4, -0.2) is 16.1 Å². The van der Waals surface area contributed by atoms with Crippen LogP contribution in [0.2, 0.25) is 0 Å². The first-order valence-electron chi connectivity index (χ1n) is 7.68. The molecule has 0 amide bonds. The fraction of sp³-hybridized carbons (Fsp3) is 0.368. The zero-order chi connectivity index (χ0) is 16.4. The van der Waals surface area contributed by atoms with Crippen LogP contribution in [0.25, 0.3) is 23.1 Å². The van der Waals surface area contributed by atoms with E-state index in [2.05, 4.69) is 17.6 Å². The highest BCUT2D eigenvalue weighted by Crippen LogP contribution is 2.13. The third-order valence-corrected chi connectivity index (χ3v) is 4.15. The van der Waals surface area contributed by atoms with Gasteiger partial charge in [-0.05, 0) is 38.5 Å². The number of aromatic nitrogens is 1. The summed E-state index contributed by atoms with van der Waals surface area (Å²) in [4.78, 5) is 23.3. The standard InChI is InChI=1S/C19H23NO2/c1-6-7-18-16(10-12(2)13(3)21)17-11-15(14(4)22)8-9-19(17)20(18)5/h7-12H,6H2,1-5H3/b16-10-,18-7+. The second-order valence-corrected chi connectivity index (χ2v) is 5.82. The van der Waals surface area contributed by atoms with Crippen molar-refractivity contribution in [2.45, 2.75) is 34.1 Å². The van der Waals surface area contributed by atoms with Crippen molar-refractivity contribution in [2.75, 3.05) is 0 Å². The Hall–Kier alpha value is -2.16. The van der Waals surface area contributed by atoms with Gasteiger partial charge in [0, 0.05) is 40.0 Å². The molecule has 0 radical (unpaired) electrons. The fourth-order valence-corrected chi connectivity index (χ4v) is 2.69. The van der Waals surface area contributed by atoms with Crippen molar-refractivity contribution in [2.24, 2.45) is 13.0 Å². The van der Waals surface area contributed by atoms with Crippen molar-refractivity contribution in [3.05, 3.63) is 34.3 Å². The van der Waals surface area contributed by atoms with E-state index in [0.717, 1.165) is 27.9 Å². The number of benzene rings is 1. The van der Waals surface area contributed by atoms with E-state index in [1.165, 1.54) is 0 Å². The summed E-state index contributed by atoms with van der Waals surface area (Å²) in [6, 6.07) is 5.77. The average molecular weight is 297 g/mol. The Kier molecular flexibility index (Phi) is 4.65. The predicted octanol–water partition coefficient (Wildman–Crippen LogP) is 2.58. The van der Waals surface area contributed by atoms with Gasteiger partial charge in [0.1, 0.15) is 5.78 Å². The van der Waals surface area contributed by atoms with Crippen LogP contribution in [0.4, 0.5) is 0 Å². The van der Waals surface area contributed by atoms with Gasteiger partial charge in [0.05, 0.1) is 0 Å². The first kappa shape index (κ1) is 16.2. The second-order valence-electron chi connectivity index (χ2n) is 5.82. The third-order valence-electron chi connectivity index (χ3n) is 4.15. The SMILES string of the molecule is CC/C=c1\c(=C/C(C)C(C)=O)c2cc(C(C)=O)ccc2n1C. The van der Waals surface area contributed by atoms with Crippen LogP contribution >= 0.6 is 0 Å². The second kappa shape index (κ2) is 6.30. The first-order chi connectivity index (χ1) is 10.4. The van der Waals surface area contributed by atoms with Gasteiger partial charge in [0.25, 0.3) is 0 Å². The number of aryl methyl sites for hydroxylation is 1. The highest BCUT2D eigenvalue weighted by Gasteiger charge is 2.10. The molecule has 3 heteroatoms. The van der Waals surface area contributed by atoms with Gasteiger partial charge >= 0.3 is 0 Å². The van der Waals surface area contributed by atoms with E-state index >= 15 is 0 Å². The van der Waals surface area contributed by atoms with Gasteiger partial charge in [-0.1, -0.05) is 26.0 Å². The summed E-state index contributed by atoms with van der Waals surface area (Å²) in [5, 5.41) is 3.18. The lowest BCUT2D eigenvalue weighted by Crippen LogP contribution is -2.29. The summed E-state index contributed by atoms with van der Waals surface area (Å²) in [5.74, 6) is 0.0510. The Morgan fingerprint density at radius 2 is 1.95 bits per heavy atom. The van der Waals surface area contributed by atoms with Gasteiger partial charge in [0.15, 0.2) is 5.78 Å². The van der Waals surface area contributed by atoms with E-state index < -0.39 is 0 Å². The van der Waals surface area contributed by atoms with Crippen LogP contribution in [0.1, 0.15) is 44.5 Å². The van der Waals surface area contributed by atoms with Gasteiger partial charge in [-0.15, -0.1) is 0 Å². The van der Waals surface area contributed by atoms with Crippen molar-refractivity contribution < 1.29 is 9.59 Å². The summed E-state index contributed by atoms with van der Waals surface area (Å²) in [7, 11) is 2.02. The number of carbonyl (C=O) groups excluding carboxylic acids is 2. The molecule has 1 unspecified atom stereocenters. The number of Topliss-reactive ketones (excluding diaryl/α,β-unsaturated/α-hetero) is 2. The molecular weight excluding hydrogens is 274 g/mol. The number of hydrogen-bond donors (Lipinski definition) is 0. The van der Waals surface area contributed by atoms with Crippen molar-refractivity contribution in [3.63, 3.8) is 0 Å². The van der Waals surface area contributed by atoms with E-state index in [4.69, 9.17) is 0 Å². The number of nitrogens with zero attached hydrogens (tertiary/aromatic N) is 1. The minimum absolute atomic E-state index is 0.0531. The molecule has 0 aliphatic heterocycles. The third kappa shape index (κ3) is 2.89. The average Bonchev–Trinajstić information content (AvgIpc) is 2.72. The molecular formula is C19H23NO2. The number of hydrogen-bond acceptors (Lipinski definition) is 2. The van der Waals surface area contributed by atoms with Crippen LogP contribution in [0, 0.1) is 5.92 Å². The Morgan fingerprint density at radius 1 is 1.27 bits per heavy atom. The van der Waals surface area contributed by atoms with Crippen LogP contribution in [0.3, 0.4) is 0 Å². The fourth-order valence-electron chi connectivity index (χ4n) is 2.69. The minimum atomic E-state index is -0.143. The Morgan fingerprint density at radius 3 is 2.50 bits per heavy atom. The Bertz CT molecular complexity index is 856. The van der Waals surface area contributed by atoms with E-state index in [0.29, 0.717) is 5.56 Å². The molecule has 1 aromatic carbocycles. The largest absolute Gasteiger partial charge is 0.344 e. The highest BCUT2D eigenvalue weighted by atomic mass is 16.1. The Labute approximate surface area is 130 Å². The van der Waals surface area contributed by atoms with Crippen molar-refractivity contribution in [3.8, 4) is 0 Å². The molecule has 22 heavy (non-hydrogen) atoms. The van der Waals surface area contributed by atoms with Gasteiger partial charge in [-0.3, -0.25) is 9.59 Å². The van der Waals surface area contributed by atoms with E-state index in [-0.39, 0.29) is 17.5 Å². The molecule has 0 spiro atoms. The molecule has 1 atom stereocenters. The molecule has 1 heterocycles. The number of rotatable bonds is 4. The number of fused-ring (bicyclic) bond motifs is 1. The normalized spacial score (nSPS) is 14.6. The number of ketones is 2. The Balaban J connectivity index is 2.94. The lowest BCUT2D eigenvalue weighted by atomic mass is 10.0. The van der Waals surface area contributed by atoms with Gasteiger partial charge in [-0.25, -0.2) is 0 Å². The summed E-state index contributed by atoms with van der Waals surface area (Å²) < 4.78 is 2.13. The molecule has 1 aromatic heterocycles. The van der Waals surface area contributed by atoms with Crippen LogP contribution in [-0.2, 0) is 11.8 Å². The molecule has 0 saturated carbocycles. The molecule has 0 bridgehead atoms. The molecule has 116 valence electrons. The monoisotopic (exact) mass is 297 g/mol. The zero-order valence-corrected chi connectivity index (χ0v) is 13.9. The molecule has 2 rings (SSSR count). The topological polar surface area (TPSA) is 39.1 Å². The lowest BCUT2D eigenvalue weighted by molar-refractivity contribution is -0.118.